The SMILES string of the molecule is COc1ccc([C@@H](CS(=O)(=O)c2ccccc2)ON(C(=O)c2ccccc2)c2ccccc2)cc1. The van der Waals surface area contributed by atoms with Crippen LogP contribution in [0.4, 0.5) is 5.69 Å². The van der Waals surface area contributed by atoms with Gasteiger partial charge in [-0.15, -0.1) is 0 Å². The summed E-state index contributed by atoms with van der Waals surface area (Å²) in [4.78, 5) is 19.9. The fourth-order valence-corrected chi connectivity index (χ4v) is 4.96. The minimum atomic E-state index is -3.74. The Balaban J connectivity index is 1.74. The fraction of sp³-hybridized carbons (Fsp3) is 0.107. The van der Waals surface area contributed by atoms with Gasteiger partial charge in [-0.25, -0.2) is 8.42 Å². The highest BCUT2D eigenvalue weighted by Gasteiger charge is 2.29. The van der Waals surface area contributed by atoms with Gasteiger partial charge >= 0.3 is 0 Å². The molecule has 0 saturated carbocycles. The molecule has 0 bridgehead atoms. The van der Waals surface area contributed by atoms with Crippen molar-refractivity contribution in [1.82, 2.24) is 0 Å². The molecule has 0 aliphatic carbocycles. The van der Waals surface area contributed by atoms with Crippen molar-refractivity contribution < 1.29 is 22.8 Å². The molecule has 1 amide bonds. The van der Waals surface area contributed by atoms with Gasteiger partial charge < -0.3 is 4.74 Å². The van der Waals surface area contributed by atoms with E-state index in [9.17, 15) is 13.2 Å². The van der Waals surface area contributed by atoms with E-state index in [2.05, 4.69) is 0 Å². The topological polar surface area (TPSA) is 72.9 Å². The molecular formula is C28H25NO5S. The van der Waals surface area contributed by atoms with Gasteiger partial charge in [-0.3, -0.25) is 9.63 Å². The average molecular weight is 488 g/mol. The Hall–Kier alpha value is -3.94. The molecule has 0 radical (unpaired) electrons. The highest BCUT2D eigenvalue weighted by molar-refractivity contribution is 7.91. The highest BCUT2D eigenvalue weighted by Crippen LogP contribution is 2.29. The summed E-state index contributed by atoms with van der Waals surface area (Å²) in [5.74, 6) is -0.152. The largest absolute Gasteiger partial charge is 0.497 e. The molecule has 0 aliphatic heterocycles. The summed E-state index contributed by atoms with van der Waals surface area (Å²) >= 11 is 0. The Labute approximate surface area is 205 Å². The maximum Gasteiger partial charge on any atom is 0.282 e. The summed E-state index contributed by atoms with van der Waals surface area (Å²) < 4.78 is 31.8. The van der Waals surface area contributed by atoms with E-state index in [1.54, 1.807) is 110 Å². The van der Waals surface area contributed by atoms with E-state index in [0.29, 0.717) is 22.6 Å². The lowest BCUT2D eigenvalue weighted by Gasteiger charge is -2.28. The van der Waals surface area contributed by atoms with E-state index in [-0.39, 0.29) is 10.6 Å². The Morgan fingerprint density at radius 2 is 1.31 bits per heavy atom. The van der Waals surface area contributed by atoms with Crippen LogP contribution in [0, 0.1) is 0 Å². The molecule has 0 aliphatic rings. The maximum atomic E-state index is 13.5. The van der Waals surface area contributed by atoms with E-state index >= 15 is 0 Å². The zero-order valence-electron chi connectivity index (χ0n) is 19.2. The number of sulfone groups is 1. The van der Waals surface area contributed by atoms with Crippen molar-refractivity contribution in [3.8, 4) is 5.75 Å². The second-order valence-corrected chi connectivity index (χ2v) is 9.80. The van der Waals surface area contributed by atoms with Gasteiger partial charge in [0.15, 0.2) is 9.84 Å². The number of amides is 1. The number of carbonyl (C=O) groups excluding carboxylic acids is 1. The number of carbonyl (C=O) groups is 1. The van der Waals surface area contributed by atoms with Gasteiger partial charge in [0.05, 0.1) is 23.4 Å². The predicted molar refractivity (Wildman–Crippen MR) is 135 cm³/mol. The van der Waals surface area contributed by atoms with E-state index in [4.69, 9.17) is 9.57 Å². The normalized spacial score (nSPS) is 12.0. The first-order valence-corrected chi connectivity index (χ1v) is 12.7. The summed E-state index contributed by atoms with van der Waals surface area (Å²) in [6.07, 6.45) is -0.973. The number of para-hydroxylation sites is 1. The first-order chi connectivity index (χ1) is 17.0. The Bertz CT molecular complexity index is 1340. The van der Waals surface area contributed by atoms with Gasteiger partial charge in [-0.05, 0) is 54.1 Å². The molecular weight excluding hydrogens is 462 g/mol. The number of benzene rings is 4. The van der Waals surface area contributed by atoms with Crippen LogP contribution in [0.2, 0.25) is 0 Å². The highest BCUT2D eigenvalue weighted by atomic mass is 32.2. The van der Waals surface area contributed by atoms with Gasteiger partial charge in [0.1, 0.15) is 11.9 Å². The molecule has 0 saturated heterocycles. The molecule has 35 heavy (non-hydrogen) atoms. The van der Waals surface area contributed by atoms with Crippen molar-refractivity contribution in [3.63, 3.8) is 0 Å². The number of ether oxygens (including phenoxy) is 1. The van der Waals surface area contributed by atoms with Gasteiger partial charge in [0.2, 0.25) is 0 Å². The number of methoxy groups -OCH3 is 1. The molecule has 4 rings (SSSR count). The average Bonchev–Trinajstić information content (AvgIpc) is 2.92. The van der Waals surface area contributed by atoms with Crippen LogP contribution in [0.25, 0.3) is 0 Å². The predicted octanol–water partition coefficient (Wildman–Crippen LogP) is 5.49. The van der Waals surface area contributed by atoms with Gasteiger partial charge in [0.25, 0.3) is 5.91 Å². The maximum absolute atomic E-state index is 13.5. The zero-order valence-corrected chi connectivity index (χ0v) is 20.0. The molecule has 0 spiro atoms. The van der Waals surface area contributed by atoms with Crippen molar-refractivity contribution >= 4 is 21.4 Å². The molecule has 0 heterocycles. The Kier molecular flexibility index (Phi) is 7.60. The van der Waals surface area contributed by atoms with Crippen LogP contribution in [0.5, 0.6) is 5.75 Å². The zero-order chi connectivity index (χ0) is 24.7. The second kappa shape index (κ2) is 11.0. The van der Waals surface area contributed by atoms with Crippen molar-refractivity contribution in [3.05, 3.63) is 126 Å². The molecule has 4 aromatic carbocycles. The minimum absolute atomic E-state index is 0.183. The van der Waals surface area contributed by atoms with Crippen LogP contribution < -0.4 is 9.80 Å². The molecule has 0 N–H and O–H groups in total. The van der Waals surface area contributed by atoms with Crippen LogP contribution in [0.3, 0.4) is 0 Å². The number of rotatable bonds is 9. The number of anilines is 1. The minimum Gasteiger partial charge on any atom is -0.497 e. The number of hydrogen-bond donors (Lipinski definition) is 0. The molecule has 6 nitrogen and oxygen atoms in total. The van der Waals surface area contributed by atoms with Crippen LogP contribution in [0.1, 0.15) is 22.0 Å². The first-order valence-electron chi connectivity index (χ1n) is 11.0. The fourth-order valence-electron chi connectivity index (χ4n) is 3.54. The molecule has 1 atom stereocenters. The molecule has 0 fully saturated rings. The standard InChI is InChI=1S/C28H25NO5S/c1-33-25-19-17-22(18-20-25)27(21-35(31,32)26-15-9-4-10-16-26)34-29(24-13-7-3-8-14-24)28(30)23-11-5-2-6-12-23/h2-20,27H,21H2,1H3/t27-/m1/s1. The van der Waals surface area contributed by atoms with Crippen LogP contribution in [0.15, 0.2) is 120 Å². The smallest absolute Gasteiger partial charge is 0.282 e. The van der Waals surface area contributed by atoms with E-state index in [1.807, 2.05) is 12.1 Å². The molecule has 0 aromatic heterocycles. The van der Waals surface area contributed by atoms with Gasteiger partial charge in [0, 0.05) is 5.56 Å². The van der Waals surface area contributed by atoms with Crippen LogP contribution in [-0.4, -0.2) is 27.2 Å². The number of hydrogen-bond acceptors (Lipinski definition) is 5. The van der Waals surface area contributed by atoms with Crippen molar-refractivity contribution in [1.29, 1.82) is 0 Å². The summed E-state index contributed by atoms with van der Waals surface area (Å²) in [5.41, 5.74) is 1.49. The Morgan fingerprint density at radius 1 is 0.771 bits per heavy atom. The van der Waals surface area contributed by atoms with Crippen molar-refractivity contribution in [2.45, 2.75) is 11.0 Å². The molecule has 7 heteroatoms. The third kappa shape index (κ3) is 5.95. The quantitative estimate of drug-likeness (QED) is 0.292. The summed E-state index contributed by atoms with van der Waals surface area (Å²) in [6.45, 7) is 0. The lowest BCUT2D eigenvalue weighted by molar-refractivity contribution is 0.0357. The monoisotopic (exact) mass is 487 g/mol. The third-order valence-corrected chi connectivity index (χ3v) is 7.12. The molecule has 178 valence electrons. The lowest BCUT2D eigenvalue weighted by Crippen LogP contribution is -2.34. The van der Waals surface area contributed by atoms with Crippen molar-refractivity contribution in [2.24, 2.45) is 0 Å². The Morgan fingerprint density at radius 3 is 1.89 bits per heavy atom. The van der Waals surface area contributed by atoms with Crippen molar-refractivity contribution in [2.75, 3.05) is 17.9 Å². The van der Waals surface area contributed by atoms with E-state index < -0.39 is 21.8 Å². The number of nitrogens with zero attached hydrogens (tertiary/aromatic N) is 1. The van der Waals surface area contributed by atoms with Crippen LogP contribution >= 0.6 is 0 Å². The van der Waals surface area contributed by atoms with Crippen LogP contribution in [-0.2, 0) is 14.7 Å². The van der Waals surface area contributed by atoms with Gasteiger partial charge in [-0.2, -0.15) is 5.06 Å². The summed E-state index contributed by atoms with van der Waals surface area (Å²) in [5, 5.41) is 1.16. The van der Waals surface area contributed by atoms with Gasteiger partial charge in [-0.1, -0.05) is 66.7 Å². The lowest BCUT2D eigenvalue weighted by atomic mass is 10.1. The van der Waals surface area contributed by atoms with E-state index in [1.165, 1.54) is 0 Å². The van der Waals surface area contributed by atoms with E-state index in [0.717, 1.165) is 5.06 Å². The number of hydroxylamine groups is 1. The summed E-state index contributed by atoms with van der Waals surface area (Å²) in [6, 6.07) is 32.7. The second-order valence-electron chi connectivity index (χ2n) is 7.76. The first kappa shape index (κ1) is 24.2. The summed E-state index contributed by atoms with van der Waals surface area (Å²) in [7, 11) is -2.18. The molecule has 0 unspecified atom stereocenters. The third-order valence-electron chi connectivity index (χ3n) is 5.39. The molecule has 4 aromatic rings.